The molecule has 0 saturated heterocycles. The highest BCUT2D eigenvalue weighted by molar-refractivity contribution is 7.48. The average Bonchev–Trinajstić information content (AvgIpc) is 3.19. The molecule has 0 radical (unpaired) electrons. The molecule has 0 spiro atoms. The monoisotopic (exact) mass is 1040 g/mol. The minimum Gasteiger partial charge on any atom is -0.394 e. The lowest BCUT2D eigenvalue weighted by molar-refractivity contribution is -0.000148. The number of unbranched alkanes of at least 4 members (excludes halogenated alkanes) is 3. The van der Waals surface area contributed by atoms with E-state index < -0.39 is 163 Å². The van der Waals surface area contributed by atoms with E-state index in [0.717, 1.165) is 12.8 Å². The van der Waals surface area contributed by atoms with E-state index in [2.05, 4.69) is 49.8 Å². The summed E-state index contributed by atoms with van der Waals surface area (Å²) >= 11 is 0. The molecule has 0 fully saturated rings. The van der Waals surface area contributed by atoms with Crippen molar-refractivity contribution in [3.63, 3.8) is 0 Å². The molecule has 62 heavy (non-hydrogen) atoms. The normalized spacial score (nSPS) is 21.2. The molecular weight excluding hydrogens is 984 g/mol. The van der Waals surface area contributed by atoms with Crippen LogP contribution in [0.1, 0.15) is 25.7 Å². The Morgan fingerprint density at radius 1 is 0.323 bits per heavy atom. The average molecular weight is 1040 g/mol. The number of hydrogen-bond donors (Lipinski definition) is 14. The molecule has 12 atom stereocenters. The number of aliphatic hydroxyl groups excluding tert-OH is 7. The zero-order valence-corrected chi connectivity index (χ0v) is 38.0. The molecule has 0 saturated carbocycles. The summed E-state index contributed by atoms with van der Waals surface area (Å²) < 4.78 is 125. The van der Waals surface area contributed by atoms with Crippen LogP contribution in [0.3, 0.4) is 0 Å². The van der Waals surface area contributed by atoms with E-state index in [4.69, 9.17) is 20.5 Å². The van der Waals surface area contributed by atoms with Crippen molar-refractivity contribution in [2.24, 2.45) is 5.73 Å². The van der Waals surface area contributed by atoms with Gasteiger partial charge in [0.2, 0.25) is 0 Å². The van der Waals surface area contributed by atoms with Crippen LogP contribution in [0.25, 0.3) is 0 Å². The zero-order chi connectivity index (χ0) is 47.7. The Morgan fingerprint density at radius 3 is 0.726 bits per heavy atom. The van der Waals surface area contributed by atoms with Crippen molar-refractivity contribution in [2.45, 2.75) is 62.3 Å². The summed E-state index contributed by atoms with van der Waals surface area (Å²) in [6.07, 6.45) is -8.09. The first kappa shape index (κ1) is 62.3. The van der Waals surface area contributed by atoms with Gasteiger partial charge in [-0.2, -0.15) is 0 Å². The fourth-order valence-corrected chi connectivity index (χ4v) is 8.05. The summed E-state index contributed by atoms with van der Waals surface area (Å²) in [6, 6.07) is 0. The Hall–Kier alpha value is 0.340. The molecule has 0 aromatic heterocycles. The van der Waals surface area contributed by atoms with Crippen LogP contribution in [0.4, 0.5) is 0 Å². The van der Waals surface area contributed by atoms with Gasteiger partial charge >= 0.3 is 46.9 Å². The van der Waals surface area contributed by atoms with Crippen molar-refractivity contribution >= 4 is 46.9 Å². The summed E-state index contributed by atoms with van der Waals surface area (Å²) in [6.45, 7) is -11.6. The lowest BCUT2D eigenvalue weighted by Crippen LogP contribution is -2.25. The third kappa shape index (κ3) is 35.5. The van der Waals surface area contributed by atoms with Crippen LogP contribution in [0.15, 0.2) is 0 Å². The highest BCUT2D eigenvalue weighted by atomic mass is 31.2. The van der Waals surface area contributed by atoms with Crippen LogP contribution < -0.4 is 5.73 Å². The predicted octanol–water partition coefficient (Wildman–Crippen LogP) is -2.54. The van der Waals surface area contributed by atoms with Gasteiger partial charge in [-0.3, -0.25) is 54.3 Å². The van der Waals surface area contributed by atoms with E-state index in [1.165, 1.54) is 0 Å². The molecule has 0 heterocycles. The number of hydrogen-bond acceptors (Lipinski definition) is 26. The predicted molar refractivity (Wildman–Crippen MR) is 201 cm³/mol. The molecule has 0 aliphatic rings. The van der Waals surface area contributed by atoms with Gasteiger partial charge in [-0.1, -0.05) is 12.8 Å². The molecular formula is C24H57NO31P6. The largest absolute Gasteiger partial charge is 0.472 e. The third-order valence-electron chi connectivity index (χ3n) is 6.29. The summed E-state index contributed by atoms with van der Waals surface area (Å²) in [5.74, 6) is 0. The second-order valence-corrected chi connectivity index (χ2v) is 20.9. The van der Waals surface area contributed by atoms with Crippen molar-refractivity contribution in [3.8, 4) is 0 Å². The zero-order valence-electron chi connectivity index (χ0n) is 32.6. The van der Waals surface area contributed by atoms with Crippen LogP contribution in [0.5, 0.6) is 0 Å². The van der Waals surface area contributed by atoms with E-state index in [1.54, 1.807) is 0 Å². The van der Waals surface area contributed by atoms with Gasteiger partial charge in [-0.25, -0.2) is 27.4 Å². The summed E-state index contributed by atoms with van der Waals surface area (Å²) in [5, 5.41) is 66.9. The Bertz CT molecular complexity index is 1510. The van der Waals surface area contributed by atoms with E-state index in [-0.39, 0.29) is 6.61 Å². The fraction of sp³-hybridized carbons (Fsp3) is 1.00. The topological polar surface area (TPSA) is 502 Å². The number of rotatable bonds is 41. The summed E-state index contributed by atoms with van der Waals surface area (Å²) in [5.41, 5.74) is 5.36. The van der Waals surface area contributed by atoms with Crippen molar-refractivity contribution in [2.75, 3.05) is 92.4 Å². The van der Waals surface area contributed by atoms with Gasteiger partial charge in [-0.15, -0.1) is 0 Å². The van der Waals surface area contributed by atoms with Gasteiger partial charge in [0.05, 0.1) is 85.9 Å². The summed E-state index contributed by atoms with van der Waals surface area (Å²) in [4.78, 5) is 57.8. The first-order chi connectivity index (χ1) is 28.5. The van der Waals surface area contributed by atoms with Gasteiger partial charge in [0.25, 0.3) is 0 Å². The molecule has 0 aromatic rings. The molecule has 0 amide bonds. The van der Waals surface area contributed by atoms with E-state index >= 15 is 0 Å². The van der Waals surface area contributed by atoms with Gasteiger partial charge in [0.15, 0.2) is 0 Å². The van der Waals surface area contributed by atoms with Crippen LogP contribution in [0.2, 0.25) is 0 Å². The summed E-state index contributed by atoms with van der Waals surface area (Å²) in [7, 11) is -29.6. The van der Waals surface area contributed by atoms with Crippen molar-refractivity contribution in [1.82, 2.24) is 0 Å². The third-order valence-corrected chi connectivity index (χ3v) is 12.0. The second kappa shape index (κ2) is 31.4. The molecule has 15 N–H and O–H groups in total. The number of nitrogens with two attached hydrogens (primary N) is 1. The quantitative estimate of drug-likeness (QED) is 0.0222. The van der Waals surface area contributed by atoms with Crippen LogP contribution in [0, 0.1) is 0 Å². The van der Waals surface area contributed by atoms with Gasteiger partial charge in [-0.05, 0) is 19.4 Å². The van der Waals surface area contributed by atoms with Crippen LogP contribution >= 0.6 is 46.9 Å². The molecule has 0 aliphatic heterocycles. The Balaban J connectivity index is 4.41. The smallest absolute Gasteiger partial charge is 0.394 e. The molecule has 0 aliphatic carbocycles. The first-order valence-electron chi connectivity index (χ1n) is 17.6. The van der Waals surface area contributed by atoms with Crippen molar-refractivity contribution in [1.29, 1.82) is 0 Å². The van der Waals surface area contributed by atoms with Gasteiger partial charge in [0.1, 0.15) is 36.6 Å². The Morgan fingerprint density at radius 2 is 0.516 bits per heavy atom. The maximum atomic E-state index is 12.1. The second-order valence-electron chi connectivity index (χ2n) is 12.2. The van der Waals surface area contributed by atoms with Gasteiger partial charge < -0.3 is 70.8 Å². The Labute approximate surface area is 353 Å². The molecule has 38 heteroatoms. The molecule has 0 bridgehead atoms. The standard InChI is InChI=1S/C24H57NO31P6/c25-5-3-1-2-4-6-45-57(33,34)47-9-20(28)10-49-59(37,38)51-13-22(30)14-53-61(41,42)55-17-24(32)18-56-62(43,44)54-16-23(31)15-52-60(39,40)50-12-21(29)11-48-58(35,36)46-8-19(27)7-26/h19-24,26-32H,1-18,25H2,(H,33,34)(H,35,36)(H,37,38)(H,39,40)(H,41,42)(H,43,44)/t19-,20+,21-,22+,23-,24+/m1/s1. The Kier molecular flexibility index (Phi) is 31.6. The molecule has 32 nitrogen and oxygen atoms in total. The minimum atomic E-state index is -5.10. The maximum absolute atomic E-state index is 12.1. The number of phosphoric acid groups is 6. The van der Waals surface area contributed by atoms with Crippen molar-refractivity contribution in [3.05, 3.63) is 0 Å². The van der Waals surface area contributed by atoms with E-state index in [1.807, 2.05) is 0 Å². The van der Waals surface area contributed by atoms with Crippen molar-refractivity contribution < 1.29 is 147 Å². The number of phosphoric ester groups is 6. The molecule has 374 valence electrons. The SMILES string of the molecule is NCCCCCCOP(=O)(O)OC[C@H](O)COP(=O)(O)OC[C@H](O)COP(=O)(O)OC[C@H](O)COP(=O)(O)OC[C@H](O)COP(=O)(O)OC[C@H](O)COP(=O)(O)OC[C@H](O)CO. The number of aliphatic hydroxyl groups is 7. The highest BCUT2D eigenvalue weighted by Crippen LogP contribution is 2.48. The fourth-order valence-electron chi connectivity index (χ4n) is 3.28. The van der Waals surface area contributed by atoms with E-state index in [0.29, 0.717) is 19.4 Å². The van der Waals surface area contributed by atoms with Gasteiger partial charge in [0, 0.05) is 0 Å². The minimum absolute atomic E-state index is 0.120. The molecule has 0 rings (SSSR count). The highest BCUT2D eigenvalue weighted by Gasteiger charge is 2.32. The molecule has 6 unspecified atom stereocenters. The van der Waals surface area contributed by atoms with Crippen LogP contribution in [-0.4, -0.2) is 194 Å². The lowest BCUT2D eigenvalue weighted by Gasteiger charge is -2.20. The van der Waals surface area contributed by atoms with E-state index in [9.17, 15) is 82.3 Å². The first-order valence-corrected chi connectivity index (χ1v) is 26.6. The lowest BCUT2D eigenvalue weighted by atomic mass is 10.2. The van der Waals surface area contributed by atoms with Crippen LogP contribution in [-0.2, 0) is 81.7 Å². The maximum Gasteiger partial charge on any atom is 0.472 e. The molecule has 0 aromatic carbocycles.